The molecule has 100 valence electrons. The van der Waals surface area contributed by atoms with Gasteiger partial charge in [0.05, 0.1) is 6.61 Å². The summed E-state index contributed by atoms with van der Waals surface area (Å²) in [5.41, 5.74) is 0.446. The van der Waals surface area contributed by atoms with E-state index in [4.69, 9.17) is 4.74 Å². The summed E-state index contributed by atoms with van der Waals surface area (Å²) < 4.78 is 36.0. The normalized spacial score (nSPS) is 10.5. The smallest absolute Gasteiger partial charge is 0.360 e. The number of halogens is 2. The predicted molar refractivity (Wildman–Crippen MR) is 61.6 cm³/mol. The third kappa shape index (κ3) is 2.96. The van der Waals surface area contributed by atoms with Gasteiger partial charge in [-0.25, -0.2) is 13.6 Å². The first kappa shape index (κ1) is 13.2. The van der Waals surface area contributed by atoms with Crippen LogP contribution in [0.15, 0.2) is 29.0 Å². The van der Waals surface area contributed by atoms with E-state index >= 15 is 0 Å². The number of carbonyl (C=O) groups is 1. The van der Waals surface area contributed by atoms with E-state index in [1.165, 1.54) is 6.26 Å². The summed E-state index contributed by atoms with van der Waals surface area (Å²) in [6.45, 7) is 1.85. The highest BCUT2D eigenvalue weighted by atomic mass is 19.1. The SMILES string of the molecule is CCOC(=O)c1nocc1Cc1cc(F)ccc1F. The van der Waals surface area contributed by atoms with Crippen LogP contribution in [0.2, 0.25) is 0 Å². The molecule has 0 fully saturated rings. The van der Waals surface area contributed by atoms with Crippen molar-refractivity contribution < 1.29 is 22.8 Å². The molecule has 0 aliphatic heterocycles. The number of aromatic nitrogens is 1. The van der Waals surface area contributed by atoms with Gasteiger partial charge in [-0.3, -0.25) is 0 Å². The minimum atomic E-state index is -0.650. The van der Waals surface area contributed by atoms with Crippen molar-refractivity contribution in [1.29, 1.82) is 0 Å². The van der Waals surface area contributed by atoms with Crippen molar-refractivity contribution in [2.24, 2.45) is 0 Å². The average molecular weight is 267 g/mol. The molecule has 0 N–H and O–H groups in total. The first-order valence-corrected chi connectivity index (χ1v) is 5.66. The van der Waals surface area contributed by atoms with Crippen molar-refractivity contribution in [2.45, 2.75) is 13.3 Å². The third-order valence-corrected chi connectivity index (χ3v) is 2.50. The van der Waals surface area contributed by atoms with Crippen molar-refractivity contribution in [3.05, 3.63) is 52.9 Å². The van der Waals surface area contributed by atoms with Crippen molar-refractivity contribution in [1.82, 2.24) is 5.16 Å². The molecule has 0 atom stereocenters. The Labute approximate surface area is 108 Å². The van der Waals surface area contributed by atoms with Crippen molar-refractivity contribution in [3.8, 4) is 0 Å². The largest absolute Gasteiger partial charge is 0.461 e. The van der Waals surface area contributed by atoms with Gasteiger partial charge in [-0.15, -0.1) is 0 Å². The Morgan fingerprint density at radius 2 is 2.16 bits per heavy atom. The number of benzene rings is 1. The minimum Gasteiger partial charge on any atom is -0.461 e. The van der Waals surface area contributed by atoms with Gasteiger partial charge in [0.25, 0.3) is 0 Å². The van der Waals surface area contributed by atoms with Gasteiger partial charge < -0.3 is 9.26 Å². The standard InChI is InChI=1S/C13H11F2NO3/c1-2-18-13(17)12-9(7-19-16-12)5-8-6-10(14)3-4-11(8)15/h3-4,6-7H,2,5H2,1H3. The quantitative estimate of drug-likeness (QED) is 0.799. The van der Waals surface area contributed by atoms with Gasteiger partial charge in [0.2, 0.25) is 0 Å². The molecule has 2 rings (SSSR count). The second kappa shape index (κ2) is 5.60. The maximum atomic E-state index is 13.5. The molecule has 0 unspecified atom stereocenters. The van der Waals surface area contributed by atoms with E-state index in [-0.39, 0.29) is 24.3 Å². The van der Waals surface area contributed by atoms with Gasteiger partial charge in [-0.05, 0) is 30.7 Å². The number of hydrogen-bond acceptors (Lipinski definition) is 4. The van der Waals surface area contributed by atoms with Gasteiger partial charge in [0.1, 0.15) is 17.9 Å². The molecule has 19 heavy (non-hydrogen) atoms. The summed E-state index contributed by atoms with van der Waals surface area (Å²) in [4.78, 5) is 11.6. The highest BCUT2D eigenvalue weighted by Crippen LogP contribution is 2.18. The summed E-state index contributed by atoms with van der Waals surface area (Å²) in [7, 11) is 0. The Bertz CT molecular complexity index is 595. The summed E-state index contributed by atoms with van der Waals surface area (Å²) in [5.74, 6) is -1.76. The Morgan fingerprint density at radius 3 is 2.89 bits per heavy atom. The lowest BCUT2D eigenvalue weighted by atomic mass is 10.0. The van der Waals surface area contributed by atoms with Crippen LogP contribution in [0.25, 0.3) is 0 Å². The molecule has 0 aliphatic rings. The molecular weight excluding hydrogens is 256 g/mol. The first-order valence-electron chi connectivity index (χ1n) is 5.66. The van der Waals surface area contributed by atoms with Crippen LogP contribution in [0, 0.1) is 11.6 Å². The summed E-state index contributed by atoms with van der Waals surface area (Å²) >= 11 is 0. The summed E-state index contributed by atoms with van der Waals surface area (Å²) in [6.07, 6.45) is 1.22. The van der Waals surface area contributed by atoms with E-state index in [1.54, 1.807) is 6.92 Å². The number of hydrogen-bond donors (Lipinski definition) is 0. The van der Waals surface area contributed by atoms with Crippen LogP contribution in [0.4, 0.5) is 8.78 Å². The Hall–Kier alpha value is -2.24. The van der Waals surface area contributed by atoms with Gasteiger partial charge in [-0.1, -0.05) is 5.16 Å². The average Bonchev–Trinajstić information content (AvgIpc) is 2.82. The minimum absolute atomic E-state index is 0.00123. The zero-order valence-corrected chi connectivity index (χ0v) is 10.2. The lowest BCUT2D eigenvalue weighted by molar-refractivity contribution is 0.0513. The van der Waals surface area contributed by atoms with E-state index in [1.807, 2.05) is 0 Å². The molecule has 6 heteroatoms. The van der Waals surface area contributed by atoms with E-state index in [9.17, 15) is 13.6 Å². The van der Waals surface area contributed by atoms with Crippen molar-refractivity contribution >= 4 is 5.97 Å². The van der Waals surface area contributed by atoms with Crippen LogP contribution in [-0.4, -0.2) is 17.7 Å². The van der Waals surface area contributed by atoms with Crippen LogP contribution in [0.3, 0.4) is 0 Å². The topological polar surface area (TPSA) is 52.3 Å². The number of ether oxygens (including phenoxy) is 1. The van der Waals surface area contributed by atoms with Gasteiger partial charge in [0, 0.05) is 12.0 Å². The highest BCUT2D eigenvalue weighted by Gasteiger charge is 2.19. The molecule has 0 bridgehead atoms. The lowest BCUT2D eigenvalue weighted by Gasteiger charge is -2.03. The van der Waals surface area contributed by atoms with Gasteiger partial charge >= 0.3 is 5.97 Å². The molecule has 0 amide bonds. The maximum absolute atomic E-state index is 13.5. The third-order valence-electron chi connectivity index (χ3n) is 2.50. The van der Waals surface area contributed by atoms with E-state index in [2.05, 4.69) is 9.68 Å². The van der Waals surface area contributed by atoms with E-state index in [0.717, 1.165) is 18.2 Å². The Morgan fingerprint density at radius 1 is 1.37 bits per heavy atom. The van der Waals surface area contributed by atoms with E-state index < -0.39 is 17.6 Å². The fourth-order valence-electron chi connectivity index (χ4n) is 1.63. The fraction of sp³-hybridized carbons (Fsp3) is 0.231. The number of carbonyl (C=O) groups excluding carboxylic acids is 1. The molecule has 1 aromatic heterocycles. The Balaban J connectivity index is 2.26. The van der Waals surface area contributed by atoms with Crippen LogP contribution in [0.1, 0.15) is 28.5 Å². The molecule has 1 aromatic carbocycles. The van der Waals surface area contributed by atoms with Crippen molar-refractivity contribution in [3.63, 3.8) is 0 Å². The van der Waals surface area contributed by atoms with Crippen LogP contribution < -0.4 is 0 Å². The van der Waals surface area contributed by atoms with Crippen molar-refractivity contribution in [2.75, 3.05) is 6.61 Å². The molecule has 4 nitrogen and oxygen atoms in total. The Kier molecular flexibility index (Phi) is 3.89. The maximum Gasteiger partial charge on any atom is 0.360 e. The number of esters is 1. The molecule has 0 aliphatic carbocycles. The fourth-order valence-corrected chi connectivity index (χ4v) is 1.63. The zero-order chi connectivity index (χ0) is 13.8. The lowest BCUT2D eigenvalue weighted by Crippen LogP contribution is -2.08. The molecular formula is C13H11F2NO3. The summed E-state index contributed by atoms with van der Waals surface area (Å²) in [5, 5.41) is 3.52. The highest BCUT2D eigenvalue weighted by molar-refractivity contribution is 5.88. The second-order valence-electron chi connectivity index (χ2n) is 3.82. The molecule has 0 radical (unpaired) electrons. The summed E-state index contributed by atoms with van der Waals surface area (Å²) in [6, 6.07) is 3.12. The molecule has 1 heterocycles. The van der Waals surface area contributed by atoms with Crippen LogP contribution in [-0.2, 0) is 11.2 Å². The zero-order valence-electron chi connectivity index (χ0n) is 10.2. The molecule has 2 aromatic rings. The first-order chi connectivity index (χ1) is 9.11. The molecule has 0 saturated carbocycles. The number of rotatable bonds is 4. The number of nitrogens with zero attached hydrogens (tertiary/aromatic N) is 1. The van der Waals surface area contributed by atoms with E-state index in [0.29, 0.717) is 5.56 Å². The van der Waals surface area contributed by atoms with Gasteiger partial charge in [-0.2, -0.15) is 0 Å². The molecule has 0 saturated heterocycles. The monoisotopic (exact) mass is 267 g/mol. The van der Waals surface area contributed by atoms with Crippen LogP contribution in [0.5, 0.6) is 0 Å². The predicted octanol–water partition coefficient (Wildman–Crippen LogP) is 2.72. The van der Waals surface area contributed by atoms with Gasteiger partial charge in [0.15, 0.2) is 5.69 Å². The molecule has 0 spiro atoms. The van der Waals surface area contributed by atoms with Crippen LogP contribution >= 0.6 is 0 Å². The second-order valence-corrected chi connectivity index (χ2v) is 3.82.